The summed E-state index contributed by atoms with van der Waals surface area (Å²) in [7, 11) is 0. The Balaban J connectivity index is 1.34. The predicted octanol–water partition coefficient (Wildman–Crippen LogP) is 4.70. The molecule has 0 aliphatic carbocycles. The maximum Gasteiger partial charge on any atom is 0.228 e. The molecule has 9 heteroatoms. The van der Waals surface area contributed by atoms with E-state index in [9.17, 15) is 14.7 Å². The van der Waals surface area contributed by atoms with Crippen molar-refractivity contribution in [3.63, 3.8) is 0 Å². The summed E-state index contributed by atoms with van der Waals surface area (Å²) in [5.74, 6) is 0.718. The first-order valence-corrected chi connectivity index (χ1v) is 14.1. The van der Waals surface area contributed by atoms with Gasteiger partial charge in [0.15, 0.2) is 5.58 Å². The molecule has 3 heterocycles. The van der Waals surface area contributed by atoms with Crippen molar-refractivity contribution in [3.05, 3.63) is 58.2 Å². The highest BCUT2D eigenvalue weighted by molar-refractivity contribution is 6.32. The summed E-state index contributed by atoms with van der Waals surface area (Å²) >= 11 is 6.36. The van der Waals surface area contributed by atoms with E-state index < -0.39 is 5.41 Å². The molecular weight excluding hydrogens is 518 g/mol. The number of carbonyl (C=O) groups excluding carboxylic acids is 2. The third-order valence-corrected chi connectivity index (χ3v) is 8.68. The van der Waals surface area contributed by atoms with E-state index >= 15 is 0 Å². The molecule has 2 saturated heterocycles. The number of hydrogen-bond acceptors (Lipinski definition) is 6. The van der Waals surface area contributed by atoms with Gasteiger partial charge in [-0.05, 0) is 74.9 Å². The zero-order valence-corrected chi connectivity index (χ0v) is 23.4. The molecule has 5 rings (SSSR count). The van der Waals surface area contributed by atoms with Gasteiger partial charge < -0.3 is 24.2 Å². The lowest BCUT2D eigenvalue weighted by atomic mass is 9.77. The van der Waals surface area contributed by atoms with Gasteiger partial charge in [0.25, 0.3) is 0 Å². The molecule has 2 fully saturated rings. The molecular formula is C30H36ClN3O5. The van der Waals surface area contributed by atoms with Gasteiger partial charge in [0, 0.05) is 48.4 Å². The van der Waals surface area contributed by atoms with Gasteiger partial charge in [0.05, 0.1) is 19.1 Å². The summed E-state index contributed by atoms with van der Waals surface area (Å²) < 4.78 is 11.7. The number of aliphatic hydroxyl groups excluding tert-OH is 1. The topological polar surface area (TPSA) is 96.1 Å². The number of carbonyl (C=O) groups is 2. The van der Waals surface area contributed by atoms with E-state index in [0.29, 0.717) is 67.7 Å². The number of rotatable bonds is 7. The number of ether oxygens (including phenoxy) is 1. The van der Waals surface area contributed by atoms with Crippen molar-refractivity contribution >= 4 is 34.4 Å². The summed E-state index contributed by atoms with van der Waals surface area (Å²) in [4.78, 5) is 30.6. The Hall–Kier alpha value is -3.10. The Kier molecular flexibility index (Phi) is 8.14. The van der Waals surface area contributed by atoms with Crippen LogP contribution >= 0.6 is 11.6 Å². The highest BCUT2D eigenvalue weighted by atomic mass is 35.5. The number of para-hydroxylation sites is 1. The largest absolute Gasteiger partial charge is 0.493 e. The molecule has 2 aliphatic heterocycles. The number of piperidine rings is 2. The molecule has 8 nitrogen and oxygen atoms in total. The quantitative estimate of drug-likeness (QED) is 0.455. The van der Waals surface area contributed by atoms with Crippen LogP contribution in [0.5, 0.6) is 5.75 Å². The van der Waals surface area contributed by atoms with Gasteiger partial charge in [0.2, 0.25) is 11.8 Å². The minimum absolute atomic E-state index is 0.0372. The number of aromatic nitrogens is 1. The highest BCUT2D eigenvalue weighted by Gasteiger charge is 2.41. The third kappa shape index (κ3) is 6.23. The maximum absolute atomic E-state index is 13.5. The van der Waals surface area contributed by atoms with E-state index in [4.69, 9.17) is 20.9 Å². The molecule has 1 unspecified atom stereocenters. The molecule has 1 N–H and O–H groups in total. The Morgan fingerprint density at radius 2 is 1.82 bits per heavy atom. The number of benzene rings is 2. The molecule has 2 aliphatic rings. The fourth-order valence-corrected chi connectivity index (χ4v) is 5.94. The summed E-state index contributed by atoms with van der Waals surface area (Å²) in [5.41, 5.74) is 2.62. The first kappa shape index (κ1) is 27.5. The molecule has 0 saturated carbocycles. The Morgan fingerprint density at radius 1 is 1.10 bits per heavy atom. The van der Waals surface area contributed by atoms with Gasteiger partial charge in [-0.2, -0.15) is 0 Å². The zero-order valence-electron chi connectivity index (χ0n) is 22.6. The molecule has 208 valence electrons. The number of amides is 2. The standard InChI is InChI=1S/C30H36ClN3O5/c1-20-14-23(15-21(2)29(20)31)38-19-30(17-28(37)33-12-8-22(35)9-13-33)10-5-11-34(18-30)27(36)16-25-24-6-3-4-7-26(24)39-32-25/h3-4,6-7,14-15,22,35H,5,8-13,16-19H2,1-2H3. The summed E-state index contributed by atoms with van der Waals surface area (Å²) in [6.07, 6.45) is 2.81. The van der Waals surface area contributed by atoms with Crippen molar-refractivity contribution in [3.8, 4) is 5.75 Å². The van der Waals surface area contributed by atoms with Gasteiger partial charge in [-0.1, -0.05) is 28.9 Å². The molecule has 0 bridgehead atoms. The summed E-state index contributed by atoms with van der Waals surface area (Å²) in [5, 5.41) is 15.6. The van der Waals surface area contributed by atoms with Gasteiger partial charge in [-0.15, -0.1) is 0 Å². The minimum atomic E-state index is -0.533. The molecule has 0 spiro atoms. The predicted molar refractivity (Wildman–Crippen MR) is 149 cm³/mol. The second-order valence-corrected chi connectivity index (χ2v) is 11.5. The normalized spacial score (nSPS) is 20.4. The van der Waals surface area contributed by atoms with Crippen LogP contribution in [-0.4, -0.2) is 70.8 Å². The first-order chi connectivity index (χ1) is 18.7. The maximum atomic E-state index is 13.5. The lowest BCUT2D eigenvalue weighted by Crippen LogP contribution is -2.52. The van der Waals surface area contributed by atoms with E-state index in [1.807, 2.05) is 60.0 Å². The van der Waals surface area contributed by atoms with Crippen LogP contribution < -0.4 is 4.74 Å². The van der Waals surface area contributed by atoms with Crippen LogP contribution in [0.1, 0.15) is 48.9 Å². The van der Waals surface area contributed by atoms with Crippen LogP contribution in [0.15, 0.2) is 40.9 Å². The monoisotopic (exact) mass is 553 g/mol. The van der Waals surface area contributed by atoms with Crippen molar-refractivity contribution in [2.45, 2.75) is 58.5 Å². The highest BCUT2D eigenvalue weighted by Crippen LogP contribution is 2.37. The summed E-state index contributed by atoms with van der Waals surface area (Å²) in [6, 6.07) is 11.4. The Labute approximate surface area is 233 Å². The van der Waals surface area contributed by atoms with Crippen LogP contribution in [0, 0.1) is 19.3 Å². The van der Waals surface area contributed by atoms with E-state index in [1.165, 1.54) is 0 Å². The number of aryl methyl sites for hydroxylation is 2. The Bertz CT molecular complexity index is 1330. The van der Waals surface area contributed by atoms with Crippen LogP contribution in [0.4, 0.5) is 0 Å². The van der Waals surface area contributed by atoms with Crippen molar-refractivity contribution < 1.29 is 24.0 Å². The fraction of sp³-hybridized carbons (Fsp3) is 0.500. The molecule has 3 aromatic rings. The van der Waals surface area contributed by atoms with Crippen molar-refractivity contribution in [1.29, 1.82) is 0 Å². The van der Waals surface area contributed by atoms with Gasteiger partial charge >= 0.3 is 0 Å². The lowest BCUT2D eigenvalue weighted by molar-refractivity contribution is -0.142. The van der Waals surface area contributed by atoms with Gasteiger partial charge in [0.1, 0.15) is 11.4 Å². The first-order valence-electron chi connectivity index (χ1n) is 13.7. The average molecular weight is 554 g/mol. The molecule has 1 atom stereocenters. The van der Waals surface area contributed by atoms with Gasteiger partial charge in [-0.25, -0.2) is 0 Å². The fourth-order valence-electron chi connectivity index (χ4n) is 5.83. The van der Waals surface area contributed by atoms with Crippen LogP contribution in [0.3, 0.4) is 0 Å². The van der Waals surface area contributed by atoms with Crippen LogP contribution in [-0.2, 0) is 16.0 Å². The number of fused-ring (bicyclic) bond motifs is 1. The number of likely N-dealkylation sites (tertiary alicyclic amines) is 2. The van der Waals surface area contributed by atoms with E-state index in [1.54, 1.807) is 0 Å². The molecule has 2 aromatic carbocycles. The van der Waals surface area contributed by atoms with Gasteiger partial charge in [-0.3, -0.25) is 9.59 Å². The zero-order chi connectivity index (χ0) is 27.6. The van der Waals surface area contributed by atoms with Crippen molar-refractivity contribution in [2.24, 2.45) is 5.41 Å². The lowest BCUT2D eigenvalue weighted by Gasteiger charge is -2.43. The SMILES string of the molecule is Cc1cc(OCC2(CC(=O)N3CCC(O)CC3)CCCN(C(=O)Cc3noc4ccccc34)C2)cc(C)c1Cl. The number of nitrogens with zero attached hydrogens (tertiary/aromatic N) is 3. The smallest absolute Gasteiger partial charge is 0.228 e. The van der Waals surface area contributed by atoms with E-state index in [-0.39, 0.29) is 30.8 Å². The molecule has 39 heavy (non-hydrogen) atoms. The van der Waals surface area contributed by atoms with Crippen molar-refractivity contribution in [2.75, 3.05) is 32.8 Å². The minimum Gasteiger partial charge on any atom is -0.493 e. The molecule has 1 aromatic heterocycles. The van der Waals surface area contributed by atoms with E-state index in [2.05, 4.69) is 5.16 Å². The third-order valence-electron chi connectivity index (χ3n) is 8.08. The average Bonchev–Trinajstić information content (AvgIpc) is 3.33. The molecule has 0 radical (unpaired) electrons. The van der Waals surface area contributed by atoms with Crippen LogP contribution in [0.2, 0.25) is 5.02 Å². The summed E-state index contributed by atoms with van der Waals surface area (Å²) in [6.45, 7) is 6.35. The van der Waals surface area contributed by atoms with Crippen molar-refractivity contribution in [1.82, 2.24) is 15.0 Å². The van der Waals surface area contributed by atoms with Crippen LogP contribution in [0.25, 0.3) is 11.0 Å². The molecule has 2 amide bonds. The second kappa shape index (κ2) is 11.6. The second-order valence-electron chi connectivity index (χ2n) is 11.2. The Morgan fingerprint density at radius 3 is 2.56 bits per heavy atom. The van der Waals surface area contributed by atoms with E-state index in [0.717, 1.165) is 29.4 Å². The number of aliphatic hydroxyl groups is 1. The number of halogens is 1. The number of hydrogen-bond donors (Lipinski definition) is 1.